The van der Waals surface area contributed by atoms with Crippen LogP contribution in [0.3, 0.4) is 0 Å². The molecule has 0 saturated carbocycles. The maximum absolute atomic E-state index is 9.55. The third-order valence-corrected chi connectivity index (χ3v) is 3.57. The monoisotopic (exact) mass is 204 g/mol. The van der Waals surface area contributed by atoms with Crippen molar-refractivity contribution in [3.8, 4) is 5.75 Å². The molecule has 0 fully saturated rings. The Bertz CT molecular complexity index is 444. The van der Waals surface area contributed by atoms with Crippen molar-refractivity contribution in [2.45, 2.75) is 33.1 Å². The van der Waals surface area contributed by atoms with E-state index in [1.54, 1.807) is 6.07 Å². The van der Waals surface area contributed by atoms with E-state index in [9.17, 15) is 5.11 Å². The summed E-state index contributed by atoms with van der Waals surface area (Å²) in [4.78, 5) is 0. The predicted molar refractivity (Wildman–Crippen MR) is 62.3 cm³/mol. The summed E-state index contributed by atoms with van der Waals surface area (Å²) in [6.07, 6.45) is 0. The van der Waals surface area contributed by atoms with Gasteiger partial charge < -0.3 is 5.11 Å². The van der Waals surface area contributed by atoms with Crippen molar-refractivity contribution >= 4 is 11.4 Å². The van der Waals surface area contributed by atoms with Crippen LogP contribution in [0.1, 0.15) is 33.3 Å². The fraction of sp³-hybridized carbons (Fsp3) is 0.462. The van der Waals surface area contributed by atoms with Crippen molar-refractivity contribution in [2.75, 3.05) is 6.54 Å². The highest BCUT2D eigenvalue weighted by Gasteiger charge is 2.42. The fourth-order valence-corrected chi connectivity index (χ4v) is 2.38. The van der Waals surface area contributed by atoms with Crippen molar-refractivity contribution in [3.63, 3.8) is 0 Å². The van der Waals surface area contributed by atoms with E-state index in [1.165, 1.54) is 17.0 Å². The van der Waals surface area contributed by atoms with E-state index in [4.69, 9.17) is 0 Å². The molecule has 0 amide bonds. The van der Waals surface area contributed by atoms with Crippen LogP contribution < -0.4 is 0 Å². The summed E-state index contributed by atoms with van der Waals surface area (Å²) < 4.78 is 2.31. The van der Waals surface area contributed by atoms with Crippen molar-refractivity contribution in [1.29, 1.82) is 0 Å². The van der Waals surface area contributed by atoms with Crippen LogP contribution >= 0.6 is 0 Å². The van der Waals surface area contributed by atoms with Crippen LogP contribution in [0.4, 0.5) is 5.69 Å². The topological polar surface area (TPSA) is 23.2 Å². The van der Waals surface area contributed by atoms with E-state index >= 15 is 0 Å². The molecular weight excluding hydrogens is 186 g/mol. The Balaban J connectivity index is 2.70. The van der Waals surface area contributed by atoms with Crippen molar-refractivity contribution in [2.24, 2.45) is 0 Å². The Morgan fingerprint density at radius 2 is 2.00 bits per heavy atom. The summed E-state index contributed by atoms with van der Waals surface area (Å²) >= 11 is 0. The van der Waals surface area contributed by atoms with Crippen LogP contribution in [0.2, 0.25) is 0 Å². The summed E-state index contributed by atoms with van der Waals surface area (Å²) in [5.41, 5.74) is 3.84. The maximum Gasteiger partial charge on any atom is 0.209 e. The van der Waals surface area contributed by atoms with E-state index in [2.05, 4.69) is 32.3 Å². The molecule has 2 heteroatoms. The molecule has 0 aromatic heterocycles. The Morgan fingerprint density at radius 3 is 2.60 bits per heavy atom. The summed E-state index contributed by atoms with van der Waals surface area (Å²) in [5, 5.41) is 9.55. The fourth-order valence-electron chi connectivity index (χ4n) is 2.38. The smallest absolute Gasteiger partial charge is 0.209 e. The van der Waals surface area contributed by atoms with Crippen LogP contribution in [-0.4, -0.2) is 21.9 Å². The van der Waals surface area contributed by atoms with Gasteiger partial charge in [-0.3, -0.25) is 0 Å². The number of hydrogen-bond donors (Lipinski definition) is 1. The van der Waals surface area contributed by atoms with Gasteiger partial charge in [-0.15, -0.1) is 0 Å². The maximum atomic E-state index is 9.55. The molecule has 1 heterocycles. The molecule has 0 unspecified atom stereocenters. The molecule has 1 aliphatic heterocycles. The lowest BCUT2D eigenvalue weighted by atomic mass is 9.82. The molecule has 0 aliphatic carbocycles. The van der Waals surface area contributed by atoms with Crippen LogP contribution in [0.25, 0.3) is 0 Å². The zero-order valence-electron chi connectivity index (χ0n) is 9.83. The lowest BCUT2D eigenvalue weighted by molar-refractivity contribution is -0.434. The quantitative estimate of drug-likeness (QED) is 0.698. The molecule has 80 valence electrons. The number of rotatable bonds is 1. The number of phenols is 1. The van der Waals surface area contributed by atoms with Gasteiger partial charge in [0.2, 0.25) is 5.69 Å². The summed E-state index contributed by atoms with van der Waals surface area (Å²) in [7, 11) is 0. The Kier molecular flexibility index (Phi) is 2.10. The summed E-state index contributed by atoms with van der Waals surface area (Å²) in [5.74, 6) is 0.354. The molecule has 0 spiro atoms. The van der Waals surface area contributed by atoms with Gasteiger partial charge in [-0.2, -0.15) is 4.58 Å². The molecule has 0 saturated heterocycles. The lowest BCUT2D eigenvalue weighted by Gasteiger charge is -2.14. The molecule has 2 nitrogen and oxygen atoms in total. The lowest BCUT2D eigenvalue weighted by Crippen LogP contribution is -2.26. The van der Waals surface area contributed by atoms with Crippen LogP contribution in [-0.2, 0) is 5.41 Å². The average molecular weight is 204 g/mol. The average Bonchev–Trinajstić information content (AvgIpc) is 2.37. The molecule has 0 bridgehead atoms. The Hall–Kier alpha value is -1.31. The van der Waals surface area contributed by atoms with Crippen molar-refractivity contribution in [1.82, 2.24) is 0 Å². The van der Waals surface area contributed by atoms with Crippen molar-refractivity contribution < 1.29 is 9.68 Å². The van der Waals surface area contributed by atoms with Gasteiger partial charge in [0, 0.05) is 18.6 Å². The third-order valence-electron chi connectivity index (χ3n) is 3.57. The minimum atomic E-state index is 0.0318. The highest BCUT2D eigenvalue weighted by atomic mass is 16.3. The summed E-state index contributed by atoms with van der Waals surface area (Å²) in [6, 6.07) is 5.65. The van der Waals surface area contributed by atoms with Crippen LogP contribution in [0.5, 0.6) is 5.75 Å². The van der Waals surface area contributed by atoms with Crippen molar-refractivity contribution in [3.05, 3.63) is 23.8 Å². The first-order chi connectivity index (χ1) is 6.98. The van der Waals surface area contributed by atoms with E-state index in [1.807, 2.05) is 12.1 Å². The molecule has 0 atom stereocenters. The highest BCUT2D eigenvalue weighted by Crippen LogP contribution is 2.40. The van der Waals surface area contributed by atoms with Gasteiger partial charge in [-0.05, 0) is 32.9 Å². The number of nitrogens with zero attached hydrogens (tertiary/aromatic N) is 1. The predicted octanol–water partition coefficient (Wildman–Crippen LogP) is 2.81. The van der Waals surface area contributed by atoms with Gasteiger partial charge in [-0.25, -0.2) is 0 Å². The van der Waals surface area contributed by atoms with Gasteiger partial charge in [-0.1, -0.05) is 0 Å². The first-order valence-electron chi connectivity index (χ1n) is 5.43. The molecular formula is C13H18NO+. The van der Waals surface area contributed by atoms with Gasteiger partial charge in [0.25, 0.3) is 0 Å². The first kappa shape index (κ1) is 10.2. The largest absolute Gasteiger partial charge is 0.508 e. The first-order valence-corrected chi connectivity index (χ1v) is 5.43. The molecule has 0 radical (unpaired) electrons. The molecule has 1 aromatic rings. The second kappa shape index (κ2) is 3.09. The van der Waals surface area contributed by atoms with E-state index in [0.717, 1.165) is 6.54 Å². The highest BCUT2D eigenvalue weighted by molar-refractivity contribution is 5.93. The van der Waals surface area contributed by atoms with Gasteiger partial charge in [0.05, 0.1) is 5.41 Å². The minimum absolute atomic E-state index is 0.0318. The number of aromatic hydroxyl groups is 1. The normalized spacial score (nSPS) is 18.1. The third kappa shape index (κ3) is 1.28. The molecule has 1 N–H and O–H groups in total. The SMILES string of the molecule is CC[N+]1=C(C)C(C)(C)c2cc(O)ccc21. The van der Waals surface area contributed by atoms with Gasteiger partial charge in [0.15, 0.2) is 5.71 Å². The second-order valence-corrected chi connectivity index (χ2v) is 4.66. The van der Waals surface area contributed by atoms with E-state index in [0.29, 0.717) is 5.75 Å². The van der Waals surface area contributed by atoms with E-state index in [-0.39, 0.29) is 5.41 Å². The number of hydrogen-bond acceptors (Lipinski definition) is 1. The summed E-state index contributed by atoms with van der Waals surface area (Å²) in [6.45, 7) is 9.71. The molecule has 1 aliphatic rings. The van der Waals surface area contributed by atoms with Crippen LogP contribution in [0, 0.1) is 0 Å². The number of benzene rings is 1. The standard InChI is InChI=1S/C13H17NO/c1-5-14-9(2)13(3,4)11-8-10(15)6-7-12(11)14/h6-8H,5H2,1-4H3/p+1. The zero-order chi connectivity index (χ0) is 11.2. The Labute approximate surface area is 90.9 Å². The molecule has 1 aromatic carbocycles. The van der Waals surface area contributed by atoms with E-state index < -0.39 is 0 Å². The van der Waals surface area contributed by atoms with Gasteiger partial charge in [0.1, 0.15) is 12.3 Å². The zero-order valence-corrected chi connectivity index (χ0v) is 9.83. The number of phenolic OH excluding ortho intramolecular Hbond substituents is 1. The van der Waals surface area contributed by atoms with Crippen LogP contribution in [0.15, 0.2) is 18.2 Å². The molecule has 2 rings (SSSR count). The second-order valence-electron chi connectivity index (χ2n) is 4.66. The molecule has 15 heavy (non-hydrogen) atoms. The Morgan fingerprint density at radius 1 is 1.33 bits per heavy atom. The number of fused-ring (bicyclic) bond motifs is 1. The van der Waals surface area contributed by atoms with Gasteiger partial charge >= 0.3 is 0 Å². The minimum Gasteiger partial charge on any atom is -0.508 e.